The van der Waals surface area contributed by atoms with Gasteiger partial charge in [0.2, 0.25) is 11.8 Å². The number of amides is 2. The van der Waals surface area contributed by atoms with Crippen LogP contribution < -0.4 is 5.73 Å². The monoisotopic (exact) mass is 346 g/mol. The van der Waals surface area contributed by atoms with Crippen LogP contribution >= 0.6 is 0 Å². The molecule has 1 fully saturated rings. The van der Waals surface area contributed by atoms with Crippen molar-refractivity contribution in [3.63, 3.8) is 0 Å². The molecule has 1 aliphatic rings. The Labute approximate surface area is 150 Å². The highest BCUT2D eigenvalue weighted by molar-refractivity contribution is 5.78. The van der Waals surface area contributed by atoms with Gasteiger partial charge in [0.15, 0.2) is 0 Å². The quantitative estimate of drug-likeness (QED) is 0.802. The Morgan fingerprint density at radius 1 is 1.08 bits per heavy atom. The van der Waals surface area contributed by atoms with Gasteiger partial charge >= 0.3 is 0 Å². The van der Waals surface area contributed by atoms with Gasteiger partial charge in [0, 0.05) is 51.7 Å². The predicted molar refractivity (Wildman–Crippen MR) is 98.9 cm³/mol. The maximum Gasteiger partial charge on any atom is 0.236 e. The minimum atomic E-state index is -0.268. The molecule has 1 aromatic rings. The SMILES string of the molecule is CCN(CC)C(=O)CN1CCN(C(=O)CC(N)c2ccccc2)CC1. The number of carbonyl (C=O) groups excluding carboxylic acids is 2. The Morgan fingerprint density at radius 3 is 2.24 bits per heavy atom. The average molecular weight is 346 g/mol. The van der Waals surface area contributed by atoms with Gasteiger partial charge in [0.05, 0.1) is 6.54 Å². The number of piperazine rings is 1. The molecular formula is C19H30N4O2. The first-order valence-corrected chi connectivity index (χ1v) is 9.13. The maximum absolute atomic E-state index is 12.5. The minimum absolute atomic E-state index is 0.0890. The molecule has 0 radical (unpaired) electrons. The number of likely N-dealkylation sites (N-methyl/N-ethyl adjacent to an activating group) is 1. The molecule has 1 aliphatic heterocycles. The third kappa shape index (κ3) is 5.54. The van der Waals surface area contributed by atoms with Crippen molar-refractivity contribution in [1.82, 2.24) is 14.7 Å². The summed E-state index contributed by atoms with van der Waals surface area (Å²) in [5.41, 5.74) is 7.14. The standard InChI is InChI=1S/C19H30N4O2/c1-3-22(4-2)19(25)15-21-10-12-23(13-11-21)18(24)14-17(20)16-8-6-5-7-9-16/h5-9,17H,3-4,10-15,20H2,1-2H3. The van der Waals surface area contributed by atoms with E-state index < -0.39 is 0 Å². The molecule has 1 aromatic carbocycles. The molecule has 1 saturated heterocycles. The van der Waals surface area contributed by atoms with Crippen molar-refractivity contribution in [3.05, 3.63) is 35.9 Å². The van der Waals surface area contributed by atoms with Crippen LogP contribution in [0.5, 0.6) is 0 Å². The summed E-state index contributed by atoms with van der Waals surface area (Å²) in [6, 6.07) is 9.45. The lowest BCUT2D eigenvalue weighted by molar-refractivity contribution is -0.135. The Hall–Kier alpha value is -1.92. The normalized spacial score (nSPS) is 16.5. The van der Waals surface area contributed by atoms with Crippen LogP contribution in [0, 0.1) is 0 Å². The van der Waals surface area contributed by atoms with Crippen LogP contribution in [0.25, 0.3) is 0 Å². The van der Waals surface area contributed by atoms with Crippen LogP contribution in [-0.4, -0.2) is 72.3 Å². The van der Waals surface area contributed by atoms with Gasteiger partial charge in [-0.3, -0.25) is 14.5 Å². The molecule has 2 N–H and O–H groups in total. The molecule has 138 valence electrons. The molecule has 25 heavy (non-hydrogen) atoms. The zero-order valence-corrected chi connectivity index (χ0v) is 15.4. The molecule has 1 unspecified atom stereocenters. The fraction of sp³-hybridized carbons (Fsp3) is 0.579. The van der Waals surface area contributed by atoms with Crippen molar-refractivity contribution in [2.24, 2.45) is 5.73 Å². The summed E-state index contributed by atoms with van der Waals surface area (Å²) in [5, 5.41) is 0. The van der Waals surface area contributed by atoms with Gasteiger partial charge in [-0.25, -0.2) is 0 Å². The number of hydrogen-bond donors (Lipinski definition) is 1. The van der Waals surface area contributed by atoms with E-state index in [0.29, 0.717) is 26.1 Å². The zero-order valence-electron chi connectivity index (χ0n) is 15.4. The van der Waals surface area contributed by atoms with Gasteiger partial charge in [0.1, 0.15) is 0 Å². The topological polar surface area (TPSA) is 69.9 Å². The van der Waals surface area contributed by atoms with E-state index >= 15 is 0 Å². The molecule has 1 heterocycles. The maximum atomic E-state index is 12.5. The van der Waals surface area contributed by atoms with E-state index in [0.717, 1.165) is 31.7 Å². The molecule has 0 bridgehead atoms. The van der Waals surface area contributed by atoms with Crippen LogP contribution in [0.4, 0.5) is 0 Å². The molecule has 6 nitrogen and oxygen atoms in total. The predicted octanol–water partition coefficient (Wildman–Crippen LogP) is 1.09. The highest BCUT2D eigenvalue weighted by atomic mass is 16.2. The van der Waals surface area contributed by atoms with Crippen molar-refractivity contribution < 1.29 is 9.59 Å². The molecular weight excluding hydrogens is 316 g/mol. The second-order valence-corrected chi connectivity index (χ2v) is 6.44. The summed E-state index contributed by atoms with van der Waals surface area (Å²) in [7, 11) is 0. The first-order chi connectivity index (χ1) is 12.0. The molecule has 0 aliphatic carbocycles. The Morgan fingerprint density at radius 2 is 1.68 bits per heavy atom. The van der Waals surface area contributed by atoms with E-state index in [1.54, 1.807) is 0 Å². The van der Waals surface area contributed by atoms with Gasteiger partial charge in [-0.05, 0) is 19.4 Å². The smallest absolute Gasteiger partial charge is 0.236 e. The largest absolute Gasteiger partial charge is 0.342 e. The summed E-state index contributed by atoms with van der Waals surface area (Å²) in [6.07, 6.45) is 0.322. The fourth-order valence-electron chi connectivity index (χ4n) is 3.16. The minimum Gasteiger partial charge on any atom is -0.342 e. The third-order valence-corrected chi connectivity index (χ3v) is 4.82. The number of hydrogen-bond acceptors (Lipinski definition) is 4. The molecule has 0 spiro atoms. The van der Waals surface area contributed by atoms with Crippen molar-refractivity contribution in [2.45, 2.75) is 26.3 Å². The van der Waals surface area contributed by atoms with E-state index in [1.807, 2.05) is 54.0 Å². The third-order valence-electron chi connectivity index (χ3n) is 4.82. The summed E-state index contributed by atoms with van der Waals surface area (Å²) in [5.74, 6) is 0.252. The second-order valence-electron chi connectivity index (χ2n) is 6.44. The fourth-order valence-corrected chi connectivity index (χ4v) is 3.16. The molecule has 6 heteroatoms. The van der Waals surface area contributed by atoms with E-state index in [1.165, 1.54) is 0 Å². The summed E-state index contributed by atoms with van der Waals surface area (Å²) < 4.78 is 0. The number of rotatable bonds is 7. The van der Waals surface area contributed by atoms with Crippen LogP contribution in [0.1, 0.15) is 31.9 Å². The summed E-state index contributed by atoms with van der Waals surface area (Å²) >= 11 is 0. The van der Waals surface area contributed by atoms with Gasteiger partial charge in [-0.1, -0.05) is 30.3 Å². The Balaban J connectivity index is 1.77. The number of nitrogens with zero attached hydrogens (tertiary/aromatic N) is 3. The molecule has 0 aromatic heterocycles. The van der Waals surface area contributed by atoms with Gasteiger partial charge in [-0.15, -0.1) is 0 Å². The lowest BCUT2D eigenvalue weighted by atomic mass is 10.0. The second kappa shape index (κ2) is 9.53. The van der Waals surface area contributed by atoms with Crippen molar-refractivity contribution in [2.75, 3.05) is 45.8 Å². The molecule has 2 rings (SSSR count). The van der Waals surface area contributed by atoms with Gasteiger partial charge < -0.3 is 15.5 Å². The van der Waals surface area contributed by atoms with Crippen LogP contribution in [0.2, 0.25) is 0 Å². The summed E-state index contributed by atoms with van der Waals surface area (Å²) in [4.78, 5) is 30.5. The molecule has 2 amide bonds. The highest BCUT2D eigenvalue weighted by Crippen LogP contribution is 2.15. The average Bonchev–Trinajstić information content (AvgIpc) is 2.64. The highest BCUT2D eigenvalue weighted by Gasteiger charge is 2.24. The molecule has 0 saturated carbocycles. The molecule has 1 atom stereocenters. The van der Waals surface area contributed by atoms with E-state index in [-0.39, 0.29) is 17.9 Å². The van der Waals surface area contributed by atoms with E-state index in [4.69, 9.17) is 5.73 Å². The Kier molecular flexibility index (Phi) is 7.40. The van der Waals surface area contributed by atoms with Crippen LogP contribution in [0.3, 0.4) is 0 Å². The lowest BCUT2D eigenvalue weighted by Crippen LogP contribution is -2.51. The first kappa shape index (κ1) is 19.4. The van der Waals surface area contributed by atoms with Crippen LogP contribution in [0.15, 0.2) is 30.3 Å². The zero-order chi connectivity index (χ0) is 18.2. The lowest BCUT2D eigenvalue weighted by Gasteiger charge is -2.35. The Bertz CT molecular complexity index is 552. The number of nitrogens with two attached hydrogens (primary N) is 1. The number of carbonyl (C=O) groups is 2. The summed E-state index contributed by atoms with van der Waals surface area (Å²) in [6.45, 7) is 8.70. The first-order valence-electron chi connectivity index (χ1n) is 9.13. The van der Waals surface area contributed by atoms with E-state index in [2.05, 4.69) is 4.90 Å². The van der Waals surface area contributed by atoms with Crippen LogP contribution in [-0.2, 0) is 9.59 Å². The van der Waals surface area contributed by atoms with Gasteiger partial charge in [-0.2, -0.15) is 0 Å². The van der Waals surface area contributed by atoms with E-state index in [9.17, 15) is 9.59 Å². The van der Waals surface area contributed by atoms with Gasteiger partial charge in [0.25, 0.3) is 0 Å². The van der Waals surface area contributed by atoms with Crippen molar-refractivity contribution in [3.8, 4) is 0 Å². The number of benzene rings is 1. The van der Waals surface area contributed by atoms with Crippen molar-refractivity contribution >= 4 is 11.8 Å². The van der Waals surface area contributed by atoms with Crippen molar-refractivity contribution in [1.29, 1.82) is 0 Å².